The lowest BCUT2D eigenvalue weighted by Gasteiger charge is -2.47. The third-order valence-corrected chi connectivity index (χ3v) is 4.84. The van der Waals surface area contributed by atoms with Gasteiger partial charge in [0.15, 0.2) is 0 Å². The first-order valence-electron chi connectivity index (χ1n) is 7.71. The van der Waals surface area contributed by atoms with Crippen molar-refractivity contribution in [2.75, 3.05) is 27.4 Å². The monoisotopic (exact) mass is 305 g/mol. The molecule has 120 valence electrons. The molecule has 1 amide bonds. The smallest absolute Gasteiger partial charge is 0.251 e. The zero-order valence-corrected chi connectivity index (χ0v) is 13.3. The van der Waals surface area contributed by atoms with Gasteiger partial charge in [-0.1, -0.05) is 0 Å². The van der Waals surface area contributed by atoms with Crippen molar-refractivity contribution in [2.45, 2.75) is 25.5 Å². The molecule has 0 radical (unpaired) electrons. The van der Waals surface area contributed by atoms with Gasteiger partial charge >= 0.3 is 0 Å². The summed E-state index contributed by atoms with van der Waals surface area (Å²) in [6.45, 7) is 3.34. The lowest BCUT2D eigenvalue weighted by molar-refractivity contribution is -0.0809. The van der Waals surface area contributed by atoms with Crippen LogP contribution in [0.5, 0.6) is 5.75 Å². The van der Waals surface area contributed by atoms with Crippen molar-refractivity contribution >= 4 is 5.91 Å². The van der Waals surface area contributed by atoms with Crippen LogP contribution in [0.3, 0.4) is 0 Å². The minimum absolute atomic E-state index is 0.0396. The summed E-state index contributed by atoms with van der Waals surface area (Å²) < 4.78 is 16.2. The van der Waals surface area contributed by atoms with Gasteiger partial charge in [0.25, 0.3) is 5.91 Å². The average molecular weight is 305 g/mol. The summed E-state index contributed by atoms with van der Waals surface area (Å²) >= 11 is 0. The molecule has 1 heterocycles. The van der Waals surface area contributed by atoms with Crippen molar-refractivity contribution in [2.24, 2.45) is 11.8 Å². The summed E-state index contributed by atoms with van der Waals surface area (Å²) in [7, 11) is 3.32. The second-order valence-corrected chi connectivity index (χ2v) is 6.09. The van der Waals surface area contributed by atoms with Crippen molar-refractivity contribution in [3.8, 4) is 5.75 Å². The first-order chi connectivity index (χ1) is 10.7. The summed E-state index contributed by atoms with van der Waals surface area (Å²) in [5.74, 6) is 1.42. The van der Waals surface area contributed by atoms with Gasteiger partial charge in [-0.05, 0) is 37.1 Å². The van der Waals surface area contributed by atoms with Crippen molar-refractivity contribution < 1.29 is 19.0 Å². The molecule has 1 aromatic carbocycles. The fraction of sp³-hybridized carbons (Fsp3) is 0.588. The molecule has 1 aliphatic heterocycles. The van der Waals surface area contributed by atoms with Crippen molar-refractivity contribution in [3.63, 3.8) is 0 Å². The molecule has 5 heteroatoms. The Morgan fingerprint density at radius 3 is 2.91 bits per heavy atom. The molecule has 2 aliphatic rings. The van der Waals surface area contributed by atoms with E-state index in [2.05, 4.69) is 5.32 Å². The van der Waals surface area contributed by atoms with Crippen LogP contribution in [0.25, 0.3) is 0 Å². The number of carbonyl (C=O) groups is 1. The SMILES string of the molecule is COC[C@@H]1[C@H](NC(=O)c2ccc(OC)c(C)c2)[C@H]2CCO[C@H]21. The zero-order chi connectivity index (χ0) is 15.7. The lowest BCUT2D eigenvalue weighted by atomic mass is 9.67. The molecule has 2 fully saturated rings. The topological polar surface area (TPSA) is 56.8 Å². The molecule has 1 saturated heterocycles. The van der Waals surface area contributed by atoms with E-state index < -0.39 is 0 Å². The van der Waals surface area contributed by atoms with E-state index in [-0.39, 0.29) is 24.0 Å². The largest absolute Gasteiger partial charge is 0.496 e. The number of carbonyl (C=O) groups excluding carboxylic acids is 1. The van der Waals surface area contributed by atoms with E-state index in [9.17, 15) is 4.79 Å². The highest BCUT2D eigenvalue weighted by molar-refractivity contribution is 5.94. The fourth-order valence-corrected chi connectivity index (χ4v) is 3.69. The molecule has 0 bridgehead atoms. The Labute approximate surface area is 130 Å². The van der Waals surface area contributed by atoms with E-state index in [1.54, 1.807) is 20.3 Å². The number of hydrogen-bond acceptors (Lipinski definition) is 4. The van der Waals surface area contributed by atoms with Gasteiger partial charge in [0.05, 0.1) is 19.8 Å². The molecule has 4 atom stereocenters. The number of aryl methyl sites for hydroxylation is 1. The van der Waals surface area contributed by atoms with Gasteiger partial charge in [0, 0.05) is 37.2 Å². The van der Waals surface area contributed by atoms with Crippen LogP contribution in [0.2, 0.25) is 0 Å². The first kappa shape index (κ1) is 15.3. The highest BCUT2D eigenvalue weighted by atomic mass is 16.5. The molecule has 22 heavy (non-hydrogen) atoms. The van der Waals surface area contributed by atoms with Crippen molar-refractivity contribution in [3.05, 3.63) is 29.3 Å². The molecular weight excluding hydrogens is 282 g/mol. The van der Waals surface area contributed by atoms with Crippen LogP contribution in [0.4, 0.5) is 0 Å². The van der Waals surface area contributed by atoms with Crippen LogP contribution < -0.4 is 10.1 Å². The van der Waals surface area contributed by atoms with E-state index in [1.165, 1.54) is 0 Å². The lowest BCUT2D eigenvalue weighted by Crippen LogP contribution is -2.62. The van der Waals surface area contributed by atoms with Gasteiger partial charge in [-0.25, -0.2) is 0 Å². The van der Waals surface area contributed by atoms with E-state index in [1.807, 2.05) is 19.1 Å². The molecule has 1 aliphatic carbocycles. The Morgan fingerprint density at radius 1 is 1.41 bits per heavy atom. The normalized spacial score (nSPS) is 29.6. The number of hydrogen-bond donors (Lipinski definition) is 1. The molecular formula is C17H23NO4. The summed E-state index contributed by atoms with van der Waals surface area (Å²) in [6.07, 6.45) is 1.25. The maximum absolute atomic E-state index is 12.5. The second-order valence-electron chi connectivity index (χ2n) is 6.09. The maximum atomic E-state index is 12.5. The number of fused-ring (bicyclic) bond motifs is 1. The van der Waals surface area contributed by atoms with E-state index in [0.717, 1.165) is 24.3 Å². The van der Waals surface area contributed by atoms with Crippen molar-refractivity contribution in [1.29, 1.82) is 0 Å². The molecule has 3 rings (SSSR count). The van der Waals surface area contributed by atoms with Crippen LogP contribution in [-0.2, 0) is 9.47 Å². The van der Waals surface area contributed by atoms with Crippen LogP contribution in [0.15, 0.2) is 18.2 Å². The molecule has 1 aromatic rings. The van der Waals surface area contributed by atoms with Gasteiger partial charge in [-0.3, -0.25) is 4.79 Å². The maximum Gasteiger partial charge on any atom is 0.251 e. The molecule has 5 nitrogen and oxygen atoms in total. The summed E-state index contributed by atoms with van der Waals surface area (Å²) in [4.78, 5) is 12.5. The summed E-state index contributed by atoms with van der Waals surface area (Å²) in [6, 6.07) is 5.63. The molecule has 1 saturated carbocycles. The zero-order valence-electron chi connectivity index (χ0n) is 13.3. The molecule has 0 aromatic heterocycles. The number of rotatable bonds is 5. The Bertz CT molecular complexity index is 560. The number of ether oxygens (including phenoxy) is 3. The Hall–Kier alpha value is -1.59. The predicted molar refractivity (Wildman–Crippen MR) is 82.2 cm³/mol. The van der Waals surface area contributed by atoms with E-state index in [0.29, 0.717) is 18.1 Å². The van der Waals surface area contributed by atoms with Crippen LogP contribution in [-0.4, -0.2) is 45.5 Å². The van der Waals surface area contributed by atoms with Gasteiger partial charge in [0.1, 0.15) is 5.75 Å². The Balaban J connectivity index is 1.69. The minimum Gasteiger partial charge on any atom is -0.496 e. The van der Waals surface area contributed by atoms with Crippen LogP contribution >= 0.6 is 0 Å². The highest BCUT2D eigenvalue weighted by Crippen LogP contribution is 2.43. The minimum atomic E-state index is -0.0396. The first-order valence-corrected chi connectivity index (χ1v) is 7.71. The quantitative estimate of drug-likeness (QED) is 0.901. The second kappa shape index (κ2) is 6.26. The number of benzene rings is 1. The van der Waals surface area contributed by atoms with Gasteiger partial charge in [-0.15, -0.1) is 0 Å². The summed E-state index contributed by atoms with van der Waals surface area (Å²) in [5.41, 5.74) is 1.62. The van der Waals surface area contributed by atoms with Crippen LogP contribution in [0.1, 0.15) is 22.3 Å². The van der Waals surface area contributed by atoms with E-state index in [4.69, 9.17) is 14.2 Å². The standard InChI is InChI=1S/C17H23NO4/c1-10-8-11(4-5-14(10)21-3)17(19)18-15-12-6-7-22-16(12)13(15)9-20-2/h4-5,8,12-13,15-16H,6-7,9H2,1-3H3,(H,18,19)/t12-,13-,15-,16-/m1/s1. The highest BCUT2D eigenvalue weighted by Gasteiger charge is 2.54. The Morgan fingerprint density at radius 2 is 2.23 bits per heavy atom. The number of methoxy groups -OCH3 is 2. The van der Waals surface area contributed by atoms with Crippen molar-refractivity contribution in [1.82, 2.24) is 5.32 Å². The van der Waals surface area contributed by atoms with Crippen LogP contribution in [0, 0.1) is 18.8 Å². The third kappa shape index (κ3) is 2.59. The molecule has 1 N–H and O–H groups in total. The Kier molecular flexibility index (Phi) is 4.36. The van der Waals surface area contributed by atoms with Gasteiger partial charge < -0.3 is 19.5 Å². The van der Waals surface area contributed by atoms with Gasteiger partial charge in [-0.2, -0.15) is 0 Å². The molecule has 0 unspecified atom stereocenters. The predicted octanol–water partition coefficient (Wildman–Crippen LogP) is 1.78. The number of nitrogens with one attached hydrogen (secondary N) is 1. The van der Waals surface area contributed by atoms with E-state index >= 15 is 0 Å². The third-order valence-electron chi connectivity index (χ3n) is 4.84. The van der Waals surface area contributed by atoms with Gasteiger partial charge in [0.2, 0.25) is 0 Å². The number of amides is 1. The fourth-order valence-electron chi connectivity index (χ4n) is 3.69. The summed E-state index contributed by atoms with van der Waals surface area (Å²) in [5, 5.41) is 3.16. The average Bonchev–Trinajstić information content (AvgIpc) is 2.94. The molecule has 0 spiro atoms.